The molecule has 3 nitrogen and oxygen atoms in total. The fraction of sp³-hybridized carbons (Fsp3) is 0.333. The van der Waals surface area contributed by atoms with Gasteiger partial charge in [-0.15, -0.1) is 0 Å². The van der Waals surface area contributed by atoms with Gasteiger partial charge >= 0.3 is 0 Å². The Kier molecular flexibility index (Phi) is 5.16. The van der Waals surface area contributed by atoms with E-state index in [2.05, 4.69) is 61.0 Å². The van der Waals surface area contributed by atoms with Crippen LogP contribution < -0.4 is 5.32 Å². The predicted octanol–water partition coefficient (Wildman–Crippen LogP) is 5.11. The first-order valence-electron chi connectivity index (χ1n) is 6.57. The van der Waals surface area contributed by atoms with E-state index >= 15 is 0 Å². The maximum atomic E-state index is 4.65. The van der Waals surface area contributed by atoms with Gasteiger partial charge in [0.05, 0.1) is 0 Å². The number of benzene rings is 1. The summed E-state index contributed by atoms with van der Waals surface area (Å²) in [4.78, 5) is 9.25. The Bertz CT molecular complexity index is 627. The van der Waals surface area contributed by atoms with Crippen molar-refractivity contribution in [2.24, 2.45) is 0 Å². The van der Waals surface area contributed by atoms with Gasteiger partial charge in [-0.05, 0) is 70.3 Å². The second kappa shape index (κ2) is 6.68. The van der Waals surface area contributed by atoms with Crippen LogP contribution in [0, 0.1) is 13.8 Å². The lowest BCUT2D eigenvalue weighted by atomic mass is 10.2. The van der Waals surface area contributed by atoms with E-state index in [0.29, 0.717) is 0 Å². The maximum Gasteiger partial charge on any atom is 0.161 e. The minimum Gasteiger partial charge on any atom is -0.370 e. The number of rotatable bonds is 4. The Morgan fingerprint density at radius 2 is 1.85 bits per heavy atom. The molecule has 20 heavy (non-hydrogen) atoms. The molecule has 1 aromatic heterocycles. The molecule has 0 aliphatic heterocycles. The van der Waals surface area contributed by atoms with E-state index in [0.717, 1.165) is 50.4 Å². The first kappa shape index (κ1) is 15.4. The van der Waals surface area contributed by atoms with E-state index in [1.54, 1.807) is 0 Å². The van der Waals surface area contributed by atoms with Crippen LogP contribution in [0.15, 0.2) is 27.1 Å². The van der Waals surface area contributed by atoms with Crippen LogP contribution in [0.2, 0.25) is 0 Å². The molecular formula is C15H17Br2N3. The molecule has 0 aliphatic rings. The highest BCUT2D eigenvalue weighted by Gasteiger charge is 2.10. The van der Waals surface area contributed by atoms with E-state index < -0.39 is 0 Å². The van der Waals surface area contributed by atoms with Gasteiger partial charge < -0.3 is 5.32 Å². The highest BCUT2D eigenvalue weighted by molar-refractivity contribution is 9.13. The zero-order chi connectivity index (χ0) is 14.7. The first-order chi connectivity index (χ1) is 9.52. The summed E-state index contributed by atoms with van der Waals surface area (Å²) in [6.07, 6.45) is 1.07. The molecule has 106 valence electrons. The van der Waals surface area contributed by atoms with Crippen molar-refractivity contribution in [3.05, 3.63) is 38.4 Å². The lowest BCUT2D eigenvalue weighted by molar-refractivity contribution is 0.954. The van der Waals surface area contributed by atoms with Crippen LogP contribution in [-0.2, 0) is 0 Å². The van der Waals surface area contributed by atoms with Gasteiger partial charge in [-0.1, -0.05) is 6.92 Å². The lowest BCUT2D eigenvalue weighted by Crippen LogP contribution is -2.07. The molecule has 1 aromatic carbocycles. The van der Waals surface area contributed by atoms with E-state index in [9.17, 15) is 0 Å². The van der Waals surface area contributed by atoms with Crippen molar-refractivity contribution < 1.29 is 0 Å². The standard InChI is InChI=1S/C15H17Br2N3/c1-4-7-18-14-9(2)10(3)19-15(20-14)11-5-6-12(16)13(17)8-11/h5-6,8H,4,7H2,1-3H3,(H,18,19,20). The molecule has 0 bridgehead atoms. The zero-order valence-electron chi connectivity index (χ0n) is 11.8. The summed E-state index contributed by atoms with van der Waals surface area (Å²) in [6.45, 7) is 7.13. The number of halogens is 2. The minimum atomic E-state index is 0.750. The number of aromatic nitrogens is 2. The Morgan fingerprint density at radius 1 is 1.10 bits per heavy atom. The fourth-order valence-electron chi connectivity index (χ4n) is 1.81. The third-order valence-electron chi connectivity index (χ3n) is 3.11. The maximum absolute atomic E-state index is 4.65. The Balaban J connectivity index is 2.45. The van der Waals surface area contributed by atoms with Crippen LogP contribution in [0.4, 0.5) is 5.82 Å². The highest BCUT2D eigenvalue weighted by Crippen LogP contribution is 2.29. The van der Waals surface area contributed by atoms with E-state index in [-0.39, 0.29) is 0 Å². The van der Waals surface area contributed by atoms with Gasteiger partial charge in [0.1, 0.15) is 5.82 Å². The van der Waals surface area contributed by atoms with Crippen LogP contribution in [-0.4, -0.2) is 16.5 Å². The summed E-state index contributed by atoms with van der Waals surface area (Å²) in [5.74, 6) is 1.67. The van der Waals surface area contributed by atoms with Gasteiger partial charge in [-0.3, -0.25) is 0 Å². The van der Waals surface area contributed by atoms with Crippen LogP contribution in [0.5, 0.6) is 0 Å². The number of nitrogens with one attached hydrogen (secondary N) is 1. The van der Waals surface area contributed by atoms with Crippen molar-refractivity contribution in [1.82, 2.24) is 9.97 Å². The minimum absolute atomic E-state index is 0.750. The number of nitrogens with zero attached hydrogens (tertiary/aromatic N) is 2. The molecule has 0 radical (unpaired) electrons. The van der Waals surface area contributed by atoms with Gasteiger partial charge in [0.2, 0.25) is 0 Å². The van der Waals surface area contributed by atoms with Gasteiger partial charge in [-0.25, -0.2) is 9.97 Å². The molecule has 0 atom stereocenters. The van der Waals surface area contributed by atoms with Gasteiger partial charge in [0.15, 0.2) is 5.82 Å². The molecular weight excluding hydrogens is 382 g/mol. The van der Waals surface area contributed by atoms with Crippen molar-refractivity contribution in [3.63, 3.8) is 0 Å². The number of aryl methyl sites for hydroxylation is 1. The van der Waals surface area contributed by atoms with Crippen molar-refractivity contribution in [2.75, 3.05) is 11.9 Å². The summed E-state index contributed by atoms with van der Waals surface area (Å²) in [5.41, 5.74) is 3.12. The summed E-state index contributed by atoms with van der Waals surface area (Å²) in [6, 6.07) is 6.04. The van der Waals surface area contributed by atoms with Gasteiger partial charge in [-0.2, -0.15) is 0 Å². The third-order valence-corrected chi connectivity index (χ3v) is 4.99. The molecule has 5 heteroatoms. The quantitative estimate of drug-likeness (QED) is 0.777. The van der Waals surface area contributed by atoms with Crippen molar-refractivity contribution in [1.29, 1.82) is 0 Å². The second-order valence-corrected chi connectivity index (χ2v) is 6.37. The third kappa shape index (κ3) is 3.38. The Hall–Kier alpha value is -0.940. The van der Waals surface area contributed by atoms with Crippen molar-refractivity contribution in [2.45, 2.75) is 27.2 Å². The van der Waals surface area contributed by atoms with Crippen molar-refractivity contribution >= 4 is 37.7 Å². The summed E-state index contributed by atoms with van der Waals surface area (Å²) in [7, 11) is 0. The van der Waals surface area contributed by atoms with E-state index in [4.69, 9.17) is 0 Å². The summed E-state index contributed by atoms with van der Waals surface area (Å²) < 4.78 is 2.02. The smallest absolute Gasteiger partial charge is 0.161 e. The molecule has 0 aliphatic carbocycles. The van der Waals surface area contributed by atoms with Crippen molar-refractivity contribution in [3.8, 4) is 11.4 Å². The van der Waals surface area contributed by atoms with Gasteiger partial charge in [0.25, 0.3) is 0 Å². The van der Waals surface area contributed by atoms with Gasteiger partial charge in [0, 0.05) is 32.3 Å². The summed E-state index contributed by atoms with van der Waals surface area (Å²) >= 11 is 7.00. The normalized spacial score (nSPS) is 10.7. The average molecular weight is 399 g/mol. The highest BCUT2D eigenvalue weighted by atomic mass is 79.9. The number of hydrogen-bond acceptors (Lipinski definition) is 3. The molecule has 0 spiro atoms. The zero-order valence-corrected chi connectivity index (χ0v) is 15.0. The largest absolute Gasteiger partial charge is 0.370 e. The Morgan fingerprint density at radius 3 is 2.50 bits per heavy atom. The van der Waals surface area contributed by atoms with E-state index in [1.807, 2.05) is 25.1 Å². The molecule has 2 aromatic rings. The van der Waals surface area contributed by atoms with Crippen LogP contribution in [0.1, 0.15) is 24.6 Å². The molecule has 0 saturated heterocycles. The second-order valence-electron chi connectivity index (χ2n) is 4.66. The molecule has 0 unspecified atom stereocenters. The topological polar surface area (TPSA) is 37.8 Å². The first-order valence-corrected chi connectivity index (χ1v) is 8.16. The molecule has 0 amide bonds. The monoisotopic (exact) mass is 397 g/mol. The molecule has 1 N–H and O–H groups in total. The summed E-state index contributed by atoms with van der Waals surface area (Å²) in [5, 5.41) is 3.37. The van der Waals surface area contributed by atoms with Crippen LogP contribution in [0.25, 0.3) is 11.4 Å². The molecule has 1 heterocycles. The Labute approximate surface area is 136 Å². The van der Waals surface area contributed by atoms with E-state index in [1.165, 1.54) is 0 Å². The number of hydrogen-bond donors (Lipinski definition) is 1. The molecule has 0 saturated carbocycles. The SMILES string of the molecule is CCCNc1nc(-c2ccc(Br)c(Br)c2)nc(C)c1C. The fourth-order valence-corrected chi connectivity index (χ4v) is 2.43. The lowest BCUT2D eigenvalue weighted by Gasteiger charge is -2.12. The van der Waals surface area contributed by atoms with Crippen LogP contribution >= 0.6 is 31.9 Å². The molecule has 2 rings (SSSR count). The number of anilines is 1. The average Bonchev–Trinajstić information content (AvgIpc) is 2.43. The molecule has 0 fully saturated rings. The predicted molar refractivity (Wildman–Crippen MR) is 91.1 cm³/mol. The van der Waals surface area contributed by atoms with Crippen LogP contribution in [0.3, 0.4) is 0 Å².